The maximum Gasteiger partial charge on any atom is 0.176 e. The SMILES string of the molecule is Cc1nc(Cl)c(-n2ccnc2)nc1C. The molecule has 0 aliphatic heterocycles. The van der Waals surface area contributed by atoms with Crippen LogP contribution in [0.5, 0.6) is 0 Å². The lowest BCUT2D eigenvalue weighted by Crippen LogP contribution is -2.02. The van der Waals surface area contributed by atoms with Gasteiger partial charge in [0.1, 0.15) is 6.33 Å². The molecule has 4 nitrogen and oxygen atoms in total. The molecule has 2 aromatic rings. The van der Waals surface area contributed by atoms with Crippen LogP contribution in [0.4, 0.5) is 0 Å². The molecule has 0 fully saturated rings. The number of imidazole rings is 1. The Balaban J connectivity index is 2.60. The summed E-state index contributed by atoms with van der Waals surface area (Å²) < 4.78 is 1.74. The summed E-state index contributed by atoms with van der Waals surface area (Å²) in [6.07, 6.45) is 5.10. The van der Waals surface area contributed by atoms with Crippen molar-refractivity contribution in [3.8, 4) is 5.82 Å². The zero-order chi connectivity index (χ0) is 10.1. The van der Waals surface area contributed by atoms with E-state index in [1.807, 2.05) is 13.8 Å². The molecule has 0 bridgehead atoms. The van der Waals surface area contributed by atoms with Crippen molar-refractivity contribution in [3.05, 3.63) is 35.3 Å². The van der Waals surface area contributed by atoms with Crippen LogP contribution < -0.4 is 0 Å². The van der Waals surface area contributed by atoms with Gasteiger partial charge in [-0.25, -0.2) is 15.0 Å². The summed E-state index contributed by atoms with van der Waals surface area (Å²) in [4.78, 5) is 12.5. The highest BCUT2D eigenvalue weighted by Gasteiger charge is 2.07. The van der Waals surface area contributed by atoms with Crippen LogP contribution in [-0.4, -0.2) is 19.5 Å². The fraction of sp³-hybridized carbons (Fsp3) is 0.222. The lowest BCUT2D eigenvalue weighted by atomic mass is 10.3. The van der Waals surface area contributed by atoms with Crippen molar-refractivity contribution < 1.29 is 0 Å². The van der Waals surface area contributed by atoms with Crippen molar-refractivity contribution in [1.29, 1.82) is 0 Å². The fourth-order valence-electron chi connectivity index (χ4n) is 1.11. The monoisotopic (exact) mass is 208 g/mol. The Bertz CT molecular complexity index is 450. The number of hydrogen-bond donors (Lipinski definition) is 0. The second-order valence-corrected chi connectivity index (χ2v) is 3.34. The predicted molar refractivity (Wildman–Crippen MR) is 53.6 cm³/mol. The molecule has 0 saturated carbocycles. The first-order valence-electron chi connectivity index (χ1n) is 4.17. The highest BCUT2D eigenvalue weighted by molar-refractivity contribution is 6.30. The molecule has 0 aromatic carbocycles. The van der Waals surface area contributed by atoms with Crippen molar-refractivity contribution in [2.24, 2.45) is 0 Å². The molecule has 5 heteroatoms. The van der Waals surface area contributed by atoms with Gasteiger partial charge in [0.05, 0.1) is 11.4 Å². The Morgan fingerprint density at radius 3 is 2.57 bits per heavy atom. The van der Waals surface area contributed by atoms with Crippen molar-refractivity contribution in [3.63, 3.8) is 0 Å². The first kappa shape index (κ1) is 9.15. The van der Waals surface area contributed by atoms with Crippen LogP contribution in [0, 0.1) is 13.8 Å². The Hall–Kier alpha value is -1.42. The van der Waals surface area contributed by atoms with Gasteiger partial charge in [-0.3, -0.25) is 4.57 Å². The predicted octanol–water partition coefficient (Wildman–Crippen LogP) is 1.93. The molecular weight excluding hydrogens is 200 g/mol. The van der Waals surface area contributed by atoms with Crippen LogP contribution in [0.2, 0.25) is 5.15 Å². The topological polar surface area (TPSA) is 43.6 Å². The smallest absolute Gasteiger partial charge is 0.176 e. The Morgan fingerprint density at radius 1 is 1.21 bits per heavy atom. The van der Waals surface area contributed by atoms with Crippen LogP contribution in [0.15, 0.2) is 18.7 Å². The minimum atomic E-state index is 0.395. The summed E-state index contributed by atoms with van der Waals surface area (Å²) in [7, 11) is 0. The molecular formula is C9H9ClN4. The molecule has 2 rings (SSSR count). The second kappa shape index (κ2) is 3.38. The quantitative estimate of drug-likeness (QED) is 0.719. The summed E-state index contributed by atoms with van der Waals surface area (Å²) in [5, 5.41) is 0.395. The standard InChI is InChI=1S/C9H9ClN4/c1-6-7(2)13-9(8(10)12-6)14-4-3-11-5-14/h3-5H,1-2H3. The Labute approximate surface area is 86.6 Å². The van der Waals surface area contributed by atoms with Crippen molar-refractivity contribution in [2.45, 2.75) is 13.8 Å². The molecule has 0 radical (unpaired) electrons. The van der Waals surface area contributed by atoms with E-state index >= 15 is 0 Å². The zero-order valence-electron chi connectivity index (χ0n) is 7.90. The first-order chi connectivity index (χ1) is 6.68. The van der Waals surface area contributed by atoms with Gasteiger partial charge in [-0.1, -0.05) is 11.6 Å². The fourth-order valence-corrected chi connectivity index (χ4v) is 1.38. The maximum absolute atomic E-state index is 5.97. The number of halogens is 1. The normalized spacial score (nSPS) is 10.5. The molecule has 0 atom stereocenters. The highest BCUT2D eigenvalue weighted by atomic mass is 35.5. The number of aromatic nitrogens is 4. The first-order valence-corrected chi connectivity index (χ1v) is 4.55. The third-order valence-electron chi connectivity index (χ3n) is 2.00. The molecule has 0 unspecified atom stereocenters. The van der Waals surface area contributed by atoms with Crippen LogP contribution >= 0.6 is 11.6 Å². The van der Waals surface area contributed by atoms with Gasteiger partial charge in [-0.2, -0.15) is 0 Å². The van der Waals surface area contributed by atoms with Crippen molar-refractivity contribution >= 4 is 11.6 Å². The van der Waals surface area contributed by atoms with Gasteiger partial charge in [0.15, 0.2) is 11.0 Å². The van der Waals surface area contributed by atoms with E-state index in [4.69, 9.17) is 11.6 Å². The lowest BCUT2D eigenvalue weighted by Gasteiger charge is -2.06. The Morgan fingerprint density at radius 2 is 1.93 bits per heavy atom. The second-order valence-electron chi connectivity index (χ2n) is 2.98. The van der Waals surface area contributed by atoms with Crippen LogP contribution in [0.1, 0.15) is 11.4 Å². The number of nitrogens with zero attached hydrogens (tertiary/aromatic N) is 4. The molecule has 2 heterocycles. The molecule has 2 aromatic heterocycles. The van der Waals surface area contributed by atoms with E-state index < -0.39 is 0 Å². The Kier molecular flexibility index (Phi) is 2.21. The third-order valence-corrected chi connectivity index (χ3v) is 2.25. The van der Waals surface area contributed by atoms with Gasteiger partial charge in [0.2, 0.25) is 0 Å². The van der Waals surface area contributed by atoms with Crippen LogP contribution in [0.3, 0.4) is 0 Å². The minimum Gasteiger partial charge on any atom is -0.288 e. The summed E-state index contributed by atoms with van der Waals surface area (Å²) in [5.41, 5.74) is 1.72. The van der Waals surface area contributed by atoms with E-state index in [9.17, 15) is 0 Å². The minimum absolute atomic E-state index is 0.395. The third kappa shape index (κ3) is 1.48. The van der Waals surface area contributed by atoms with Crippen molar-refractivity contribution in [2.75, 3.05) is 0 Å². The van der Waals surface area contributed by atoms with Gasteiger partial charge < -0.3 is 0 Å². The van der Waals surface area contributed by atoms with Crippen molar-refractivity contribution in [1.82, 2.24) is 19.5 Å². The molecule has 0 N–H and O–H groups in total. The lowest BCUT2D eigenvalue weighted by molar-refractivity contribution is 0.930. The van der Waals surface area contributed by atoms with E-state index in [1.54, 1.807) is 23.3 Å². The molecule has 0 aliphatic carbocycles. The van der Waals surface area contributed by atoms with Gasteiger partial charge in [0.25, 0.3) is 0 Å². The van der Waals surface area contributed by atoms with Crippen LogP contribution in [-0.2, 0) is 0 Å². The van der Waals surface area contributed by atoms with E-state index in [0.29, 0.717) is 11.0 Å². The molecule has 14 heavy (non-hydrogen) atoms. The summed E-state index contributed by atoms with van der Waals surface area (Å²) in [6, 6.07) is 0. The zero-order valence-corrected chi connectivity index (χ0v) is 8.65. The molecule has 0 spiro atoms. The van der Waals surface area contributed by atoms with Gasteiger partial charge in [0, 0.05) is 12.4 Å². The van der Waals surface area contributed by atoms with Gasteiger partial charge in [-0.05, 0) is 13.8 Å². The average Bonchev–Trinajstić information content (AvgIpc) is 2.64. The summed E-state index contributed by atoms with van der Waals surface area (Å²) in [6.45, 7) is 3.78. The number of hydrogen-bond acceptors (Lipinski definition) is 3. The van der Waals surface area contributed by atoms with E-state index in [0.717, 1.165) is 11.4 Å². The van der Waals surface area contributed by atoms with E-state index in [1.165, 1.54) is 0 Å². The number of aryl methyl sites for hydroxylation is 2. The van der Waals surface area contributed by atoms with Gasteiger partial charge >= 0.3 is 0 Å². The highest BCUT2D eigenvalue weighted by Crippen LogP contribution is 2.16. The van der Waals surface area contributed by atoms with Crippen LogP contribution in [0.25, 0.3) is 5.82 Å². The molecule has 0 saturated heterocycles. The van der Waals surface area contributed by atoms with E-state index in [2.05, 4.69) is 15.0 Å². The number of rotatable bonds is 1. The summed E-state index contributed by atoms with van der Waals surface area (Å²) in [5.74, 6) is 0.618. The molecule has 72 valence electrons. The van der Waals surface area contributed by atoms with Gasteiger partial charge in [-0.15, -0.1) is 0 Å². The molecule has 0 aliphatic rings. The van der Waals surface area contributed by atoms with E-state index in [-0.39, 0.29) is 0 Å². The average molecular weight is 209 g/mol. The maximum atomic E-state index is 5.97. The summed E-state index contributed by atoms with van der Waals surface area (Å²) >= 11 is 5.97. The largest absolute Gasteiger partial charge is 0.288 e. The molecule has 0 amide bonds.